The zero-order chi connectivity index (χ0) is 16.4. The maximum Gasteiger partial charge on any atom is 0.268 e. The summed E-state index contributed by atoms with van der Waals surface area (Å²) in [6.07, 6.45) is -0.384. The van der Waals surface area contributed by atoms with E-state index in [4.69, 9.17) is 0 Å². The Kier molecular flexibility index (Phi) is 3.02. The van der Waals surface area contributed by atoms with Gasteiger partial charge in [0.1, 0.15) is 0 Å². The monoisotopic (exact) mass is 386 g/mol. The van der Waals surface area contributed by atoms with E-state index in [0.717, 1.165) is 11.8 Å². The van der Waals surface area contributed by atoms with Crippen LogP contribution < -0.4 is 0 Å². The van der Waals surface area contributed by atoms with Gasteiger partial charge in [-0.3, -0.25) is 19.3 Å². The summed E-state index contributed by atoms with van der Waals surface area (Å²) < 4.78 is 26.4. The van der Waals surface area contributed by atoms with Gasteiger partial charge in [0, 0.05) is 24.0 Å². The molecule has 0 N–H and O–H groups in total. The average molecular weight is 387 g/mol. The molecule has 7 nitrogen and oxygen atoms in total. The van der Waals surface area contributed by atoms with Gasteiger partial charge in [-0.1, -0.05) is 15.9 Å². The molecule has 9 heteroatoms. The van der Waals surface area contributed by atoms with Crippen LogP contribution in [0.4, 0.5) is 0 Å². The third-order valence-electron chi connectivity index (χ3n) is 3.98. The van der Waals surface area contributed by atoms with E-state index in [1.165, 1.54) is 25.2 Å². The van der Waals surface area contributed by atoms with Crippen molar-refractivity contribution in [1.82, 2.24) is 9.21 Å². The molecule has 1 unspecified atom stereocenters. The molecule has 0 aromatic heterocycles. The van der Waals surface area contributed by atoms with E-state index in [1.807, 2.05) is 0 Å². The predicted molar refractivity (Wildman–Crippen MR) is 77.9 cm³/mol. The van der Waals surface area contributed by atoms with Crippen molar-refractivity contribution in [3.8, 4) is 0 Å². The summed E-state index contributed by atoms with van der Waals surface area (Å²) in [7, 11) is -2.89. The largest absolute Gasteiger partial charge is 0.283 e. The van der Waals surface area contributed by atoms with Gasteiger partial charge in [-0.05, 0) is 18.2 Å². The predicted octanol–water partition coefficient (Wildman–Crippen LogP) is 0.584. The number of imide groups is 1. The molecule has 1 aromatic carbocycles. The van der Waals surface area contributed by atoms with Crippen LogP contribution in [0.15, 0.2) is 27.6 Å². The number of amides is 3. The number of hydrogen-bond acceptors (Lipinski definition) is 5. The Morgan fingerprint density at radius 3 is 2.45 bits per heavy atom. The second kappa shape index (κ2) is 4.39. The van der Waals surface area contributed by atoms with E-state index >= 15 is 0 Å². The first-order valence-electron chi connectivity index (χ1n) is 6.31. The smallest absolute Gasteiger partial charge is 0.268 e. The van der Waals surface area contributed by atoms with E-state index in [1.54, 1.807) is 0 Å². The molecular formula is C13H11BrN2O5S. The van der Waals surface area contributed by atoms with Crippen molar-refractivity contribution in [2.75, 3.05) is 7.05 Å². The van der Waals surface area contributed by atoms with Gasteiger partial charge >= 0.3 is 0 Å². The Balaban J connectivity index is 2.43. The number of carbonyl (C=O) groups excluding carboxylic acids is 3. The average Bonchev–Trinajstić information content (AvgIpc) is 2.74. The van der Waals surface area contributed by atoms with E-state index < -0.39 is 33.3 Å². The standard InChI is InChI=1S/C13H11BrN2O5S/c1-7(17)16-13(6-11(18)15(2)12(13)19)9-5-8(14)3-4-10(9)22(16,20)21/h3-5H,6H2,1-2H3. The van der Waals surface area contributed by atoms with Gasteiger partial charge in [0.15, 0.2) is 5.54 Å². The van der Waals surface area contributed by atoms with Crippen molar-refractivity contribution in [1.29, 1.82) is 0 Å². The lowest BCUT2D eigenvalue weighted by Crippen LogP contribution is -2.51. The third-order valence-corrected chi connectivity index (χ3v) is 6.43. The number of sulfonamides is 1. The molecule has 0 aliphatic carbocycles. The van der Waals surface area contributed by atoms with Crippen LogP contribution in [0.25, 0.3) is 0 Å². The molecule has 1 atom stereocenters. The minimum absolute atomic E-state index is 0.123. The van der Waals surface area contributed by atoms with Crippen LogP contribution in [0, 0.1) is 0 Å². The lowest BCUT2D eigenvalue weighted by atomic mass is 9.88. The molecule has 0 bridgehead atoms. The minimum Gasteiger partial charge on any atom is -0.283 e. The van der Waals surface area contributed by atoms with Crippen LogP contribution >= 0.6 is 15.9 Å². The van der Waals surface area contributed by atoms with Crippen LogP contribution in [-0.4, -0.2) is 42.4 Å². The van der Waals surface area contributed by atoms with E-state index in [2.05, 4.69) is 15.9 Å². The lowest BCUT2D eigenvalue weighted by Gasteiger charge is -2.30. The fraction of sp³-hybridized carbons (Fsp3) is 0.308. The highest BCUT2D eigenvalue weighted by Crippen LogP contribution is 2.50. The SMILES string of the molecule is CC(=O)N1C2(CC(=O)N(C)C2=O)c2cc(Br)ccc2S1(=O)=O. The van der Waals surface area contributed by atoms with E-state index in [0.29, 0.717) is 8.78 Å². The number of likely N-dealkylation sites (tertiary alicyclic amines) is 1. The molecule has 3 rings (SSSR count). The van der Waals surface area contributed by atoms with Gasteiger partial charge in [0.2, 0.25) is 11.8 Å². The summed E-state index contributed by atoms with van der Waals surface area (Å²) in [6, 6.07) is 4.31. The van der Waals surface area contributed by atoms with Crippen LogP contribution in [0.2, 0.25) is 0 Å². The Labute approximate surface area is 135 Å². The molecule has 22 heavy (non-hydrogen) atoms. The summed E-state index contributed by atoms with van der Waals surface area (Å²) >= 11 is 3.23. The minimum atomic E-state index is -4.17. The first-order valence-corrected chi connectivity index (χ1v) is 8.54. The Morgan fingerprint density at radius 1 is 1.32 bits per heavy atom. The topological polar surface area (TPSA) is 91.8 Å². The first kappa shape index (κ1) is 15.2. The number of benzene rings is 1. The van der Waals surface area contributed by atoms with Gasteiger partial charge in [0.25, 0.3) is 15.9 Å². The molecule has 116 valence electrons. The first-order chi connectivity index (χ1) is 10.1. The van der Waals surface area contributed by atoms with Crippen LogP contribution in [-0.2, 0) is 29.9 Å². The maximum atomic E-state index is 12.7. The number of rotatable bonds is 0. The molecule has 0 radical (unpaired) electrons. The summed E-state index contributed by atoms with van der Waals surface area (Å²) in [5, 5.41) is 0. The number of likely N-dealkylation sites (N-methyl/N-ethyl adjacent to an activating group) is 1. The summed E-state index contributed by atoms with van der Waals surface area (Å²) in [6.45, 7) is 1.07. The quantitative estimate of drug-likeness (QED) is 0.608. The van der Waals surface area contributed by atoms with Gasteiger partial charge in [0.05, 0.1) is 11.3 Å². The molecule has 1 aromatic rings. The summed E-state index contributed by atoms with van der Waals surface area (Å²) in [4.78, 5) is 37.4. The number of carbonyl (C=O) groups is 3. The van der Waals surface area contributed by atoms with Gasteiger partial charge in [-0.25, -0.2) is 12.7 Å². The Hall–Kier alpha value is -1.74. The summed E-state index contributed by atoms with van der Waals surface area (Å²) in [5.74, 6) is -2.05. The molecule has 2 aliphatic heterocycles. The highest BCUT2D eigenvalue weighted by atomic mass is 79.9. The van der Waals surface area contributed by atoms with Gasteiger partial charge < -0.3 is 0 Å². The fourth-order valence-electron chi connectivity index (χ4n) is 3.07. The molecule has 3 amide bonds. The van der Waals surface area contributed by atoms with Crippen LogP contribution in [0.5, 0.6) is 0 Å². The normalized spacial score (nSPS) is 26.0. The molecule has 2 heterocycles. The van der Waals surface area contributed by atoms with Crippen molar-refractivity contribution >= 4 is 43.7 Å². The third kappa shape index (κ3) is 1.60. The summed E-state index contributed by atoms with van der Waals surface area (Å²) in [5.41, 5.74) is -1.66. The fourth-order valence-corrected chi connectivity index (χ4v) is 5.37. The Bertz CT molecular complexity index is 850. The zero-order valence-corrected chi connectivity index (χ0v) is 14.1. The molecule has 0 saturated carbocycles. The molecule has 1 saturated heterocycles. The van der Waals surface area contributed by atoms with Crippen molar-refractivity contribution in [2.45, 2.75) is 23.8 Å². The van der Waals surface area contributed by atoms with Crippen molar-refractivity contribution < 1.29 is 22.8 Å². The number of fused-ring (bicyclic) bond motifs is 2. The second-order valence-corrected chi connectivity index (χ2v) is 7.89. The van der Waals surface area contributed by atoms with Gasteiger partial charge in [-0.2, -0.15) is 0 Å². The molecule has 2 aliphatic rings. The van der Waals surface area contributed by atoms with Crippen LogP contribution in [0.3, 0.4) is 0 Å². The molecular weight excluding hydrogens is 376 g/mol. The highest BCUT2D eigenvalue weighted by Gasteiger charge is 2.65. The highest BCUT2D eigenvalue weighted by molar-refractivity contribution is 9.10. The van der Waals surface area contributed by atoms with Crippen molar-refractivity contribution in [3.63, 3.8) is 0 Å². The van der Waals surface area contributed by atoms with Crippen molar-refractivity contribution in [3.05, 3.63) is 28.2 Å². The van der Waals surface area contributed by atoms with Crippen molar-refractivity contribution in [2.24, 2.45) is 0 Å². The lowest BCUT2D eigenvalue weighted by molar-refractivity contribution is -0.143. The molecule has 1 spiro atoms. The maximum absolute atomic E-state index is 12.7. The zero-order valence-electron chi connectivity index (χ0n) is 11.7. The second-order valence-electron chi connectivity index (χ2n) is 5.22. The van der Waals surface area contributed by atoms with E-state index in [9.17, 15) is 22.8 Å². The number of halogens is 1. The molecule has 1 fully saturated rings. The number of nitrogens with zero attached hydrogens (tertiary/aromatic N) is 2. The van der Waals surface area contributed by atoms with Crippen LogP contribution in [0.1, 0.15) is 18.9 Å². The number of hydrogen-bond donors (Lipinski definition) is 0. The Morgan fingerprint density at radius 2 is 1.95 bits per heavy atom. The van der Waals surface area contributed by atoms with Gasteiger partial charge in [-0.15, -0.1) is 0 Å². The van der Waals surface area contributed by atoms with E-state index in [-0.39, 0.29) is 16.9 Å².